The van der Waals surface area contributed by atoms with Crippen molar-refractivity contribution in [1.82, 2.24) is 0 Å². The van der Waals surface area contributed by atoms with Crippen molar-refractivity contribution in [2.45, 2.75) is 39.9 Å². The highest BCUT2D eigenvalue weighted by Crippen LogP contribution is 2.47. The quantitative estimate of drug-likeness (QED) is 0.250. The van der Waals surface area contributed by atoms with Crippen molar-refractivity contribution < 1.29 is 23.7 Å². The summed E-state index contributed by atoms with van der Waals surface area (Å²) in [5.41, 5.74) is 3.91. The molecule has 1 heterocycles. The Kier molecular flexibility index (Phi) is 6.70. The minimum atomic E-state index is 0.0315. The smallest absolute Gasteiger partial charge is 0.161 e. The Bertz CT molecular complexity index is 1480. The zero-order valence-corrected chi connectivity index (χ0v) is 22.1. The SMILES string of the molecule is COc1cc(C2=C(c3ccc(OC(C)C)c(OC)c3)c3cccc4cccc(c34)O2)ccc1OC(C)C. The molecule has 0 saturated heterocycles. The predicted octanol–water partition coefficient (Wildman–Crippen LogP) is 7.74. The lowest BCUT2D eigenvalue weighted by molar-refractivity contribution is 0.230. The normalized spacial score (nSPS) is 12.6. The second kappa shape index (κ2) is 10.1. The molecule has 0 atom stereocenters. The Morgan fingerprint density at radius 3 is 1.78 bits per heavy atom. The third-order valence-electron chi connectivity index (χ3n) is 6.18. The van der Waals surface area contributed by atoms with E-state index in [4.69, 9.17) is 23.7 Å². The van der Waals surface area contributed by atoms with Crippen LogP contribution in [-0.2, 0) is 0 Å². The lowest BCUT2D eigenvalue weighted by atomic mass is 9.88. The van der Waals surface area contributed by atoms with Crippen molar-refractivity contribution in [3.8, 4) is 28.7 Å². The van der Waals surface area contributed by atoms with E-state index in [1.54, 1.807) is 14.2 Å². The van der Waals surface area contributed by atoms with Gasteiger partial charge < -0.3 is 23.7 Å². The summed E-state index contributed by atoms with van der Waals surface area (Å²) in [6, 6.07) is 24.4. The summed E-state index contributed by atoms with van der Waals surface area (Å²) in [5, 5.41) is 2.20. The summed E-state index contributed by atoms with van der Waals surface area (Å²) in [6.07, 6.45) is 0.0659. The molecule has 0 aliphatic carbocycles. The van der Waals surface area contributed by atoms with Gasteiger partial charge in [0.25, 0.3) is 0 Å². The fourth-order valence-corrected chi connectivity index (χ4v) is 4.71. The molecule has 0 aromatic heterocycles. The number of methoxy groups -OCH3 is 2. The number of hydrogen-bond acceptors (Lipinski definition) is 5. The molecule has 5 heteroatoms. The van der Waals surface area contributed by atoms with E-state index in [1.807, 2.05) is 70.2 Å². The Labute approximate surface area is 218 Å². The molecule has 4 aromatic rings. The summed E-state index contributed by atoms with van der Waals surface area (Å²) in [5.74, 6) is 4.27. The van der Waals surface area contributed by atoms with Gasteiger partial charge in [0.1, 0.15) is 11.5 Å². The molecule has 0 radical (unpaired) electrons. The van der Waals surface area contributed by atoms with Crippen LogP contribution in [0, 0.1) is 0 Å². The van der Waals surface area contributed by atoms with Gasteiger partial charge in [0.15, 0.2) is 23.0 Å². The first kappa shape index (κ1) is 24.6. The average molecular weight is 497 g/mol. The third-order valence-corrected chi connectivity index (χ3v) is 6.18. The maximum Gasteiger partial charge on any atom is 0.161 e. The lowest BCUT2D eigenvalue weighted by Gasteiger charge is -2.26. The molecule has 190 valence electrons. The van der Waals surface area contributed by atoms with Crippen molar-refractivity contribution in [2.75, 3.05) is 14.2 Å². The van der Waals surface area contributed by atoms with Crippen LogP contribution >= 0.6 is 0 Å². The van der Waals surface area contributed by atoms with Gasteiger partial charge in [-0.15, -0.1) is 0 Å². The second-order valence-corrected chi connectivity index (χ2v) is 9.53. The second-order valence-electron chi connectivity index (χ2n) is 9.53. The molecule has 0 N–H and O–H groups in total. The molecule has 4 aromatic carbocycles. The van der Waals surface area contributed by atoms with Gasteiger partial charge in [-0.1, -0.05) is 36.4 Å². The zero-order chi connectivity index (χ0) is 26.1. The summed E-state index contributed by atoms with van der Waals surface area (Å²) < 4.78 is 30.0. The van der Waals surface area contributed by atoms with Gasteiger partial charge >= 0.3 is 0 Å². The minimum Gasteiger partial charge on any atom is -0.493 e. The van der Waals surface area contributed by atoms with Gasteiger partial charge in [0.05, 0.1) is 26.4 Å². The molecule has 0 fully saturated rings. The Morgan fingerprint density at radius 1 is 0.622 bits per heavy atom. The fraction of sp³-hybridized carbons (Fsp3) is 0.250. The van der Waals surface area contributed by atoms with E-state index in [9.17, 15) is 0 Å². The summed E-state index contributed by atoms with van der Waals surface area (Å²) in [7, 11) is 3.31. The summed E-state index contributed by atoms with van der Waals surface area (Å²) in [4.78, 5) is 0. The van der Waals surface area contributed by atoms with Crippen LogP contribution < -0.4 is 23.7 Å². The molecular formula is C32H32O5. The topological polar surface area (TPSA) is 46.2 Å². The molecule has 5 rings (SSSR count). The van der Waals surface area contributed by atoms with Gasteiger partial charge in [-0.25, -0.2) is 0 Å². The first-order valence-corrected chi connectivity index (χ1v) is 12.5. The van der Waals surface area contributed by atoms with Gasteiger partial charge in [0.2, 0.25) is 0 Å². The van der Waals surface area contributed by atoms with Crippen LogP contribution in [0.15, 0.2) is 72.8 Å². The molecule has 0 saturated carbocycles. The van der Waals surface area contributed by atoms with Crippen LogP contribution in [0.3, 0.4) is 0 Å². The molecule has 0 amide bonds. The van der Waals surface area contributed by atoms with E-state index < -0.39 is 0 Å². The van der Waals surface area contributed by atoms with Gasteiger partial charge in [-0.05, 0) is 80.6 Å². The molecular weight excluding hydrogens is 464 g/mol. The zero-order valence-electron chi connectivity index (χ0n) is 22.1. The van der Waals surface area contributed by atoms with E-state index in [1.165, 1.54) is 0 Å². The van der Waals surface area contributed by atoms with Gasteiger partial charge in [-0.3, -0.25) is 0 Å². The van der Waals surface area contributed by atoms with E-state index in [2.05, 4.69) is 30.3 Å². The predicted molar refractivity (Wildman–Crippen MR) is 148 cm³/mol. The van der Waals surface area contributed by atoms with Crippen LogP contribution in [0.5, 0.6) is 28.7 Å². The molecule has 1 aliphatic heterocycles. The molecule has 1 aliphatic rings. The molecule has 0 spiro atoms. The van der Waals surface area contributed by atoms with Crippen molar-refractivity contribution >= 4 is 22.1 Å². The highest BCUT2D eigenvalue weighted by Gasteiger charge is 2.26. The first-order chi connectivity index (χ1) is 17.9. The molecule has 37 heavy (non-hydrogen) atoms. The van der Waals surface area contributed by atoms with Crippen LogP contribution in [0.1, 0.15) is 44.4 Å². The molecule has 5 nitrogen and oxygen atoms in total. The number of ether oxygens (including phenoxy) is 5. The monoisotopic (exact) mass is 496 g/mol. The van der Waals surface area contributed by atoms with E-state index in [0.29, 0.717) is 23.0 Å². The Balaban J connectivity index is 1.76. The summed E-state index contributed by atoms with van der Waals surface area (Å²) >= 11 is 0. The van der Waals surface area contributed by atoms with Gasteiger partial charge in [0, 0.05) is 16.5 Å². The van der Waals surface area contributed by atoms with E-state index >= 15 is 0 Å². The maximum atomic E-state index is 6.66. The minimum absolute atomic E-state index is 0.0315. The van der Waals surface area contributed by atoms with Crippen LogP contribution in [0.2, 0.25) is 0 Å². The third kappa shape index (κ3) is 4.69. The van der Waals surface area contributed by atoms with Gasteiger partial charge in [-0.2, -0.15) is 0 Å². The Morgan fingerprint density at radius 2 is 1.19 bits per heavy atom. The van der Waals surface area contributed by atoms with Crippen molar-refractivity contribution in [2.24, 2.45) is 0 Å². The molecule has 0 unspecified atom stereocenters. The standard InChI is InChI=1S/C32H32O5/c1-19(2)35-25-15-13-22(17-28(25)33-5)31-24-11-7-9-21-10-8-12-27(30(21)24)37-32(31)23-14-16-26(36-20(3)4)29(18-23)34-6/h7-20H,1-6H3. The van der Waals surface area contributed by atoms with Crippen LogP contribution in [0.4, 0.5) is 0 Å². The Hall–Kier alpha value is -4.12. The van der Waals surface area contributed by atoms with E-state index in [0.717, 1.165) is 44.5 Å². The van der Waals surface area contributed by atoms with Crippen molar-refractivity contribution in [3.63, 3.8) is 0 Å². The van der Waals surface area contributed by atoms with Crippen molar-refractivity contribution in [3.05, 3.63) is 89.5 Å². The lowest BCUT2D eigenvalue weighted by Crippen LogP contribution is -2.10. The fourth-order valence-electron chi connectivity index (χ4n) is 4.71. The average Bonchev–Trinajstić information content (AvgIpc) is 2.89. The van der Waals surface area contributed by atoms with Crippen LogP contribution in [-0.4, -0.2) is 26.4 Å². The van der Waals surface area contributed by atoms with Crippen LogP contribution in [0.25, 0.3) is 22.1 Å². The largest absolute Gasteiger partial charge is 0.493 e. The highest BCUT2D eigenvalue weighted by atomic mass is 16.5. The first-order valence-electron chi connectivity index (χ1n) is 12.5. The van der Waals surface area contributed by atoms with Crippen molar-refractivity contribution in [1.29, 1.82) is 0 Å². The molecule has 0 bridgehead atoms. The number of benzene rings is 4. The van der Waals surface area contributed by atoms with E-state index in [-0.39, 0.29) is 12.2 Å². The summed E-state index contributed by atoms with van der Waals surface area (Å²) in [6.45, 7) is 7.99. The number of hydrogen-bond donors (Lipinski definition) is 0. The highest BCUT2D eigenvalue weighted by molar-refractivity contribution is 6.10. The number of rotatable bonds is 8. The maximum absolute atomic E-state index is 6.66.